The Labute approximate surface area is 158 Å². The Morgan fingerprint density at radius 2 is 1.85 bits per heavy atom. The van der Waals surface area contributed by atoms with Crippen LogP contribution < -0.4 is 15.8 Å². The van der Waals surface area contributed by atoms with Crippen LogP contribution in [0.3, 0.4) is 0 Å². The smallest absolute Gasteiger partial charge is 0.244 e. The Kier molecular flexibility index (Phi) is 4.34. The predicted molar refractivity (Wildman–Crippen MR) is 95.5 cm³/mol. The van der Waals surface area contributed by atoms with Gasteiger partial charge >= 0.3 is 0 Å². The van der Waals surface area contributed by atoms with Crippen molar-refractivity contribution in [1.29, 1.82) is 15.8 Å². The van der Waals surface area contributed by atoms with Crippen molar-refractivity contribution in [3.63, 3.8) is 0 Å². The van der Waals surface area contributed by atoms with Crippen LogP contribution in [-0.2, 0) is 4.79 Å². The first-order chi connectivity index (χ1) is 12.9. The molecule has 138 valence electrons. The molecule has 1 heterocycles. The van der Waals surface area contributed by atoms with Gasteiger partial charge in [0.05, 0.1) is 31.0 Å². The highest BCUT2D eigenvalue weighted by atomic mass is 16.5. The van der Waals surface area contributed by atoms with E-state index in [4.69, 9.17) is 10.5 Å². The molecule has 1 aliphatic carbocycles. The van der Waals surface area contributed by atoms with Crippen molar-refractivity contribution in [2.75, 3.05) is 7.11 Å². The van der Waals surface area contributed by atoms with Crippen LogP contribution >= 0.6 is 0 Å². The molecule has 7 nitrogen and oxygen atoms in total. The molecule has 0 aromatic heterocycles. The number of nitrogens with zero attached hydrogens (tertiary/aromatic N) is 3. The minimum Gasteiger partial charge on any atom is -0.497 e. The first-order valence-corrected chi connectivity index (χ1v) is 8.87. The summed E-state index contributed by atoms with van der Waals surface area (Å²) in [7, 11) is 1.55. The highest BCUT2D eigenvalue weighted by Gasteiger charge is 2.76. The molecule has 1 saturated carbocycles. The van der Waals surface area contributed by atoms with Gasteiger partial charge in [0, 0.05) is 18.3 Å². The van der Waals surface area contributed by atoms with Crippen molar-refractivity contribution < 1.29 is 9.53 Å². The third-order valence-electron chi connectivity index (χ3n) is 6.11. The van der Waals surface area contributed by atoms with E-state index in [2.05, 4.69) is 17.5 Å². The van der Waals surface area contributed by atoms with Crippen molar-refractivity contribution in [2.45, 2.75) is 37.8 Å². The summed E-state index contributed by atoms with van der Waals surface area (Å²) >= 11 is 0. The van der Waals surface area contributed by atoms with Gasteiger partial charge in [0.1, 0.15) is 5.75 Å². The molecule has 1 aliphatic heterocycles. The minimum atomic E-state index is -1.83. The Bertz CT molecular complexity index is 877. The zero-order valence-electron chi connectivity index (χ0n) is 15.3. The van der Waals surface area contributed by atoms with Gasteiger partial charge in [0.25, 0.3) is 0 Å². The fourth-order valence-electron chi connectivity index (χ4n) is 4.85. The lowest BCUT2D eigenvalue weighted by Gasteiger charge is -2.50. The molecule has 0 radical (unpaired) electrons. The number of fused-ring (bicyclic) bond motifs is 2. The standard InChI is InChI=1S/C20H21N5O2/c1-3-4-15-16(13-5-7-14(27-2)8-6-13)19(11-22,12-23)18(10-21)9-20(15,24)25-17(18)26/h5-8,15-16H,3-4,9,24H2,1-2H3,(H,25,26)/t15-,16+,18-,20+/m1/s1. The second-order valence-electron chi connectivity index (χ2n) is 7.37. The van der Waals surface area contributed by atoms with E-state index in [1.807, 2.05) is 13.0 Å². The summed E-state index contributed by atoms with van der Waals surface area (Å²) in [6.45, 7) is 1.98. The monoisotopic (exact) mass is 363 g/mol. The fraction of sp³-hybridized carbons (Fsp3) is 0.500. The number of hydrogen-bond acceptors (Lipinski definition) is 6. The van der Waals surface area contributed by atoms with E-state index >= 15 is 0 Å². The number of benzene rings is 1. The summed E-state index contributed by atoms with van der Waals surface area (Å²) in [5.41, 5.74) is 2.49. The zero-order valence-corrected chi connectivity index (χ0v) is 15.3. The maximum Gasteiger partial charge on any atom is 0.244 e. The SMILES string of the molecule is CCC[C@@H]1[C@H](c2ccc(OC)cc2)C(C#N)(C#N)[C@@]2(C#N)C[C@]1(N)NC2=O. The highest BCUT2D eigenvalue weighted by molar-refractivity contribution is 5.92. The third-order valence-corrected chi connectivity index (χ3v) is 6.11. The van der Waals surface area contributed by atoms with Gasteiger partial charge < -0.3 is 15.8 Å². The number of methoxy groups -OCH3 is 1. The lowest BCUT2D eigenvalue weighted by atomic mass is 9.47. The minimum absolute atomic E-state index is 0.0478. The molecule has 3 N–H and O–H groups in total. The number of carbonyl (C=O) groups excluding carboxylic acids is 1. The molecular weight excluding hydrogens is 342 g/mol. The van der Waals surface area contributed by atoms with Crippen LogP contribution in [0.5, 0.6) is 5.75 Å². The van der Waals surface area contributed by atoms with Crippen molar-refractivity contribution in [3.8, 4) is 24.0 Å². The van der Waals surface area contributed by atoms with Crippen LogP contribution in [0, 0.1) is 50.7 Å². The van der Waals surface area contributed by atoms with Crippen LogP contribution in [-0.4, -0.2) is 18.7 Å². The van der Waals surface area contributed by atoms with Gasteiger partial charge in [-0.25, -0.2) is 0 Å². The van der Waals surface area contributed by atoms with Gasteiger partial charge in [-0.2, -0.15) is 15.8 Å². The summed E-state index contributed by atoms with van der Waals surface area (Å²) in [6.07, 6.45) is 1.33. The van der Waals surface area contributed by atoms with Gasteiger partial charge in [0.2, 0.25) is 5.91 Å². The molecule has 2 fully saturated rings. The van der Waals surface area contributed by atoms with Gasteiger partial charge in [-0.05, 0) is 24.1 Å². The molecule has 27 heavy (non-hydrogen) atoms. The molecular formula is C20H21N5O2. The average Bonchev–Trinajstić information content (AvgIpc) is 2.94. The fourth-order valence-corrected chi connectivity index (χ4v) is 4.85. The number of hydrogen-bond donors (Lipinski definition) is 2. The second-order valence-corrected chi connectivity index (χ2v) is 7.37. The maximum atomic E-state index is 12.8. The molecule has 1 amide bonds. The van der Waals surface area contributed by atoms with E-state index in [0.717, 1.165) is 6.42 Å². The molecule has 7 heteroatoms. The summed E-state index contributed by atoms with van der Waals surface area (Å²) in [5, 5.41) is 32.9. The van der Waals surface area contributed by atoms with Gasteiger partial charge in [-0.15, -0.1) is 0 Å². The number of nitrogens with two attached hydrogens (primary N) is 1. The second kappa shape index (κ2) is 6.27. The van der Waals surface area contributed by atoms with E-state index in [1.54, 1.807) is 31.4 Å². The number of ether oxygens (including phenoxy) is 1. The molecule has 0 unspecified atom stereocenters. The molecule has 2 bridgehead atoms. The predicted octanol–water partition coefficient (Wildman–Crippen LogP) is 1.93. The maximum absolute atomic E-state index is 12.8. The summed E-state index contributed by atoms with van der Waals surface area (Å²) in [4.78, 5) is 12.8. The summed E-state index contributed by atoms with van der Waals surface area (Å²) < 4.78 is 5.19. The number of nitrogens with one attached hydrogen (secondary N) is 1. The van der Waals surface area contributed by atoms with Crippen LogP contribution in [0.4, 0.5) is 0 Å². The molecule has 1 aromatic rings. The number of nitriles is 3. The molecule has 4 atom stereocenters. The lowest BCUT2D eigenvalue weighted by Crippen LogP contribution is -2.62. The van der Waals surface area contributed by atoms with Crippen LogP contribution in [0.1, 0.15) is 37.7 Å². The van der Waals surface area contributed by atoms with Crippen molar-refractivity contribution in [1.82, 2.24) is 5.32 Å². The van der Waals surface area contributed by atoms with E-state index in [0.29, 0.717) is 17.7 Å². The largest absolute Gasteiger partial charge is 0.497 e. The normalized spacial score (nSPS) is 33.3. The zero-order chi connectivity index (χ0) is 19.9. The number of carbonyl (C=O) groups is 1. The Hall–Kier alpha value is -3.08. The first kappa shape index (κ1) is 18.7. The quantitative estimate of drug-likeness (QED) is 0.839. The lowest BCUT2D eigenvalue weighted by molar-refractivity contribution is -0.128. The third kappa shape index (κ3) is 2.24. The molecule has 2 aliphatic rings. The van der Waals surface area contributed by atoms with Crippen molar-refractivity contribution in [2.24, 2.45) is 22.5 Å². The summed E-state index contributed by atoms with van der Waals surface area (Å²) in [5.74, 6) is -1.04. The first-order valence-electron chi connectivity index (χ1n) is 8.87. The molecule has 0 spiro atoms. The van der Waals surface area contributed by atoms with Crippen molar-refractivity contribution >= 4 is 5.91 Å². The van der Waals surface area contributed by atoms with Crippen LogP contribution in [0.25, 0.3) is 0 Å². The topological polar surface area (TPSA) is 136 Å². The van der Waals surface area contributed by atoms with Crippen LogP contribution in [0.2, 0.25) is 0 Å². The average molecular weight is 363 g/mol. The molecule has 3 rings (SSSR count). The highest BCUT2D eigenvalue weighted by Crippen LogP contribution is 2.64. The molecule has 1 aromatic carbocycles. The Balaban J connectivity index is 2.31. The van der Waals surface area contributed by atoms with Crippen LogP contribution in [0.15, 0.2) is 24.3 Å². The van der Waals surface area contributed by atoms with E-state index in [-0.39, 0.29) is 12.3 Å². The Morgan fingerprint density at radius 3 is 2.33 bits per heavy atom. The number of rotatable bonds is 4. The van der Waals surface area contributed by atoms with E-state index in [1.165, 1.54) is 0 Å². The van der Waals surface area contributed by atoms with Gasteiger partial charge in [-0.1, -0.05) is 25.5 Å². The van der Waals surface area contributed by atoms with E-state index < -0.39 is 28.3 Å². The van der Waals surface area contributed by atoms with Gasteiger partial charge in [-0.3, -0.25) is 4.79 Å². The van der Waals surface area contributed by atoms with E-state index in [9.17, 15) is 20.6 Å². The Morgan fingerprint density at radius 1 is 1.22 bits per heavy atom. The van der Waals surface area contributed by atoms with Crippen molar-refractivity contribution in [3.05, 3.63) is 29.8 Å². The number of amides is 1. The van der Waals surface area contributed by atoms with Gasteiger partial charge in [0.15, 0.2) is 10.8 Å². The summed E-state index contributed by atoms with van der Waals surface area (Å²) in [6, 6.07) is 13.2. The molecule has 1 saturated heterocycles.